The summed E-state index contributed by atoms with van der Waals surface area (Å²) in [5, 5.41) is 0. The van der Waals surface area contributed by atoms with Gasteiger partial charge >= 0.3 is 5.97 Å². The maximum atomic E-state index is 11.6. The van der Waals surface area contributed by atoms with Crippen LogP contribution in [0, 0.1) is 0 Å². The topological polar surface area (TPSA) is 64.8 Å². The number of rotatable bonds is 6. The number of hydrogen-bond donors (Lipinski definition) is 1. The van der Waals surface area contributed by atoms with Crippen LogP contribution in [0.2, 0.25) is 0 Å². The number of likely N-dealkylation sites (N-methyl/N-ethyl adjacent to an activating group) is 1. The zero-order valence-corrected chi connectivity index (χ0v) is 11.9. The first-order chi connectivity index (χ1) is 8.39. The van der Waals surface area contributed by atoms with Gasteiger partial charge in [0.25, 0.3) is 0 Å². The number of nitrogens with two attached hydrogens (primary N) is 1. The van der Waals surface area contributed by atoms with Crippen molar-refractivity contribution in [2.45, 2.75) is 50.8 Å². The van der Waals surface area contributed by atoms with Crippen molar-refractivity contribution in [2.75, 3.05) is 27.3 Å². The van der Waals surface area contributed by atoms with Gasteiger partial charge < -0.3 is 20.1 Å². The lowest BCUT2D eigenvalue weighted by molar-refractivity contribution is -0.146. The Morgan fingerprint density at radius 1 is 1.56 bits per heavy atom. The van der Waals surface area contributed by atoms with Gasteiger partial charge in [-0.3, -0.25) is 4.79 Å². The number of nitrogens with zero attached hydrogens (tertiary/aromatic N) is 1. The second-order valence-corrected chi connectivity index (χ2v) is 5.44. The monoisotopic (exact) mass is 258 g/mol. The summed E-state index contributed by atoms with van der Waals surface area (Å²) in [6.45, 7) is 5.62. The van der Waals surface area contributed by atoms with E-state index in [1.807, 2.05) is 13.8 Å². The summed E-state index contributed by atoms with van der Waals surface area (Å²) in [5.74, 6) is -0.295. The van der Waals surface area contributed by atoms with Crippen LogP contribution in [0.1, 0.15) is 33.1 Å². The number of methoxy groups -OCH3 is 1. The second kappa shape index (κ2) is 6.50. The van der Waals surface area contributed by atoms with Gasteiger partial charge in [-0.2, -0.15) is 0 Å². The van der Waals surface area contributed by atoms with Gasteiger partial charge in [0.1, 0.15) is 5.54 Å². The molecule has 1 saturated carbocycles. The van der Waals surface area contributed by atoms with Crippen LogP contribution in [-0.4, -0.2) is 55.9 Å². The Kier molecular flexibility index (Phi) is 5.56. The van der Waals surface area contributed by atoms with E-state index >= 15 is 0 Å². The lowest BCUT2D eigenvalue weighted by Gasteiger charge is -2.26. The van der Waals surface area contributed by atoms with Gasteiger partial charge in [0, 0.05) is 12.6 Å². The molecule has 0 aliphatic heterocycles. The average molecular weight is 258 g/mol. The van der Waals surface area contributed by atoms with Crippen LogP contribution < -0.4 is 5.73 Å². The van der Waals surface area contributed by atoms with Crippen LogP contribution in [-0.2, 0) is 14.3 Å². The Labute approximate surface area is 110 Å². The predicted molar refractivity (Wildman–Crippen MR) is 70.3 cm³/mol. The van der Waals surface area contributed by atoms with E-state index in [-0.39, 0.29) is 12.1 Å². The Morgan fingerprint density at radius 3 is 2.78 bits per heavy atom. The largest absolute Gasteiger partial charge is 0.468 e. The highest BCUT2D eigenvalue weighted by Crippen LogP contribution is 2.31. The van der Waals surface area contributed by atoms with Crippen LogP contribution in [0.25, 0.3) is 0 Å². The number of ether oxygens (including phenoxy) is 2. The average Bonchev–Trinajstić information content (AvgIpc) is 2.71. The lowest BCUT2D eigenvalue weighted by Crippen LogP contribution is -2.48. The molecule has 1 rings (SSSR count). The highest BCUT2D eigenvalue weighted by atomic mass is 16.5. The van der Waals surface area contributed by atoms with Gasteiger partial charge in [-0.1, -0.05) is 0 Å². The van der Waals surface area contributed by atoms with Crippen molar-refractivity contribution in [1.82, 2.24) is 4.90 Å². The van der Waals surface area contributed by atoms with Gasteiger partial charge in [-0.15, -0.1) is 0 Å². The number of esters is 1. The van der Waals surface area contributed by atoms with Crippen LogP contribution >= 0.6 is 0 Å². The van der Waals surface area contributed by atoms with Crippen LogP contribution in [0.3, 0.4) is 0 Å². The van der Waals surface area contributed by atoms with Crippen molar-refractivity contribution in [3.05, 3.63) is 0 Å². The molecule has 1 fully saturated rings. The summed E-state index contributed by atoms with van der Waals surface area (Å²) in [5.41, 5.74) is 5.29. The first kappa shape index (κ1) is 15.4. The molecule has 5 nitrogen and oxygen atoms in total. The predicted octanol–water partition coefficient (Wildman–Crippen LogP) is 0.766. The maximum absolute atomic E-state index is 11.6. The van der Waals surface area contributed by atoms with E-state index in [4.69, 9.17) is 15.2 Å². The zero-order chi connectivity index (χ0) is 13.8. The molecule has 0 aromatic heterocycles. The van der Waals surface area contributed by atoms with E-state index < -0.39 is 5.54 Å². The Bertz CT molecular complexity index is 283. The minimum atomic E-state index is -0.799. The van der Waals surface area contributed by atoms with Crippen molar-refractivity contribution >= 4 is 5.97 Å². The zero-order valence-electron chi connectivity index (χ0n) is 11.9. The summed E-state index contributed by atoms with van der Waals surface area (Å²) in [4.78, 5) is 13.8. The third kappa shape index (κ3) is 3.93. The van der Waals surface area contributed by atoms with Crippen molar-refractivity contribution in [3.63, 3.8) is 0 Å². The van der Waals surface area contributed by atoms with Gasteiger partial charge in [-0.25, -0.2) is 0 Å². The number of hydrogen-bond acceptors (Lipinski definition) is 5. The van der Waals surface area contributed by atoms with Crippen LogP contribution in [0.5, 0.6) is 0 Å². The summed E-state index contributed by atoms with van der Waals surface area (Å²) in [7, 11) is 3.45. The molecule has 18 heavy (non-hydrogen) atoms. The minimum absolute atomic E-state index is 0.255. The van der Waals surface area contributed by atoms with Crippen LogP contribution in [0.15, 0.2) is 0 Å². The summed E-state index contributed by atoms with van der Waals surface area (Å²) in [6, 6.07) is 0.338. The van der Waals surface area contributed by atoms with E-state index in [2.05, 4.69) is 11.9 Å². The fourth-order valence-corrected chi connectivity index (χ4v) is 2.43. The molecule has 2 N–H and O–H groups in total. The SMILES string of the molecule is COC(=O)C1(N)CCC(N(C)CCOC(C)C)C1. The maximum Gasteiger partial charge on any atom is 0.325 e. The van der Waals surface area contributed by atoms with Crippen LogP contribution in [0.4, 0.5) is 0 Å². The smallest absolute Gasteiger partial charge is 0.325 e. The van der Waals surface area contributed by atoms with E-state index in [9.17, 15) is 4.79 Å². The number of carbonyl (C=O) groups excluding carboxylic acids is 1. The Morgan fingerprint density at radius 2 is 2.22 bits per heavy atom. The Hall–Kier alpha value is -0.650. The van der Waals surface area contributed by atoms with E-state index in [1.165, 1.54) is 7.11 Å². The summed E-state index contributed by atoms with van der Waals surface area (Å²) < 4.78 is 10.3. The van der Waals surface area contributed by atoms with Gasteiger partial charge in [-0.05, 0) is 40.2 Å². The molecular formula is C13H26N2O3. The van der Waals surface area contributed by atoms with Crippen molar-refractivity contribution in [3.8, 4) is 0 Å². The Balaban J connectivity index is 2.39. The molecule has 0 radical (unpaired) electrons. The van der Waals surface area contributed by atoms with Gasteiger partial charge in [0.15, 0.2) is 0 Å². The molecule has 0 aromatic rings. The quantitative estimate of drug-likeness (QED) is 0.713. The highest BCUT2D eigenvalue weighted by Gasteiger charge is 2.44. The third-order valence-corrected chi connectivity index (χ3v) is 3.63. The molecule has 0 bridgehead atoms. The van der Waals surface area contributed by atoms with Crippen molar-refractivity contribution < 1.29 is 14.3 Å². The van der Waals surface area contributed by atoms with Crippen molar-refractivity contribution in [1.29, 1.82) is 0 Å². The fourth-order valence-electron chi connectivity index (χ4n) is 2.43. The number of carbonyl (C=O) groups is 1. The van der Waals surface area contributed by atoms with E-state index in [0.29, 0.717) is 25.5 Å². The van der Waals surface area contributed by atoms with Gasteiger partial charge in [0.05, 0.1) is 19.8 Å². The molecular weight excluding hydrogens is 232 g/mol. The molecule has 106 valence electrons. The fraction of sp³-hybridized carbons (Fsp3) is 0.923. The summed E-state index contributed by atoms with van der Waals surface area (Å²) >= 11 is 0. The molecule has 0 spiro atoms. The molecule has 1 aliphatic carbocycles. The molecule has 0 heterocycles. The molecule has 5 heteroatoms. The normalized spacial score (nSPS) is 28.1. The standard InChI is InChI=1S/C13H26N2O3/c1-10(2)18-8-7-15(3)11-5-6-13(14,9-11)12(16)17-4/h10-11H,5-9,14H2,1-4H3. The lowest BCUT2D eigenvalue weighted by atomic mass is 9.99. The second-order valence-electron chi connectivity index (χ2n) is 5.44. The first-order valence-corrected chi connectivity index (χ1v) is 6.58. The summed E-state index contributed by atoms with van der Waals surface area (Å²) in [6.07, 6.45) is 2.55. The van der Waals surface area contributed by atoms with E-state index in [1.54, 1.807) is 0 Å². The first-order valence-electron chi connectivity index (χ1n) is 6.58. The molecule has 0 amide bonds. The molecule has 2 unspecified atom stereocenters. The molecule has 1 aliphatic rings. The highest BCUT2D eigenvalue weighted by molar-refractivity contribution is 5.81. The van der Waals surface area contributed by atoms with Crippen molar-refractivity contribution in [2.24, 2.45) is 5.73 Å². The third-order valence-electron chi connectivity index (χ3n) is 3.63. The molecule has 0 saturated heterocycles. The molecule has 2 atom stereocenters. The van der Waals surface area contributed by atoms with Gasteiger partial charge in [0.2, 0.25) is 0 Å². The minimum Gasteiger partial charge on any atom is -0.468 e. The van der Waals surface area contributed by atoms with E-state index in [0.717, 1.165) is 13.0 Å². The molecule has 0 aromatic carbocycles.